The molecule has 1 heterocycles. The molecule has 8 heavy (non-hydrogen) atoms. The Labute approximate surface area is 47.3 Å². The Hall–Kier alpha value is -1.12. The van der Waals surface area contributed by atoms with Gasteiger partial charge in [-0.05, 0) is 0 Å². The first kappa shape index (κ1) is 5.03. The minimum absolute atomic E-state index is 0.576. The van der Waals surface area contributed by atoms with Crippen LogP contribution < -0.4 is 4.74 Å². The number of ether oxygens (including phenoxy) is 1. The van der Waals surface area contributed by atoms with E-state index in [1.165, 1.54) is 6.33 Å². The Balaban J connectivity index is 2.83. The highest BCUT2D eigenvalue weighted by molar-refractivity contribution is 5.09. The van der Waals surface area contributed by atoms with Crippen molar-refractivity contribution < 1.29 is 4.74 Å². The molecule has 0 spiro atoms. The Kier molecular flexibility index (Phi) is 1.42. The second-order valence-corrected chi connectivity index (χ2v) is 1.22. The van der Waals surface area contributed by atoms with Crippen molar-refractivity contribution >= 4 is 0 Å². The minimum Gasteiger partial charge on any atom is -0.487 e. The molecule has 0 amide bonds. The average molecular weight is 109 g/mol. The minimum atomic E-state index is 0.576. The van der Waals surface area contributed by atoms with Crippen LogP contribution >= 0.6 is 0 Å². The van der Waals surface area contributed by atoms with Crippen molar-refractivity contribution in [2.75, 3.05) is 0 Å². The summed E-state index contributed by atoms with van der Waals surface area (Å²) >= 11 is 0. The lowest BCUT2D eigenvalue weighted by Crippen LogP contribution is -1.80. The van der Waals surface area contributed by atoms with E-state index in [1.807, 2.05) is 0 Å². The van der Waals surface area contributed by atoms with E-state index in [9.17, 15) is 0 Å². The summed E-state index contributed by atoms with van der Waals surface area (Å²) in [6, 6.07) is 0. The Morgan fingerprint density at radius 3 is 2.38 bits per heavy atom. The highest BCUT2D eigenvalue weighted by Gasteiger charge is 1.83. The molecule has 0 unspecified atom stereocenters. The number of hydrogen-bond acceptors (Lipinski definition) is 3. The molecule has 0 aliphatic carbocycles. The van der Waals surface area contributed by atoms with E-state index in [1.54, 1.807) is 12.4 Å². The molecule has 1 radical (unpaired) electrons. The first-order valence-electron chi connectivity index (χ1n) is 2.10. The number of aromatic nitrogens is 2. The monoisotopic (exact) mass is 109 g/mol. The van der Waals surface area contributed by atoms with Crippen molar-refractivity contribution in [1.82, 2.24) is 9.97 Å². The molecule has 0 saturated carbocycles. The lowest BCUT2D eigenvalue weighted by Gasteiger charge is -1.91. The normalized spacial score (nSPS) is 8.62. The fourth-order valence-electron chi connectivity index (χ4n) is 0.360. The molecule has 0 saturated heterocycles. The van der Waals surface area contributed by atoms with Gasteiger partial charge in [0.25, 0.3) is 0 Å². The highest BCUT2D eigenvalue weighted by Crippen LogP contribution is 2.01. The fourth-order valence-corrected chi connectivity index (χ4v) is 0.360. The first-order chi connectivity index (χ1) is 3.93. The van der Waals surface area contributed by atoms with Gasteiger partial charge in [0.15, 0.2) is 5.75 Å². The van der Waals surface area contributed by atoms with Crippen molar-refractivity contribution in [3.05, 3.63) is 25.8 Å². The van der Waals surface area contributed by atoms with Gasteiger partial charge in [0.1, 0.15) is 13.4 Å². The molecule has 0 fully saturated rings. The predicted octanol–water partition coefficient (Wildman–Crippen LogP) is 0.647. The Morgan fingerprint density at radius 2 is 2.00 bits per heavy atom. The van der Waals surface area contributed by atoms with Crippen molar-refractivity contribution in [2.24, 2.45) is 0 Å². The molecule has 41 valence electrons. The van der Waals surface area contributed by atoms with Crippen molar-refractivity contribution in [2.45, 2.75) is 0 Å². The molecule has 1 aromatic rings. The van der Waals surface area contributed by atoms with Gasteiger partial charge in [-0.25, -0.2) is 9.97 Å². The van der Waals surface area contributed by atoms with E-state index in [0.717, 1.165) is 0 Å². The van der Waals surface area contributed by atoms with Crippen molar-refractivity contribution in [3.8, 4) is 5.75 Å². The molecule has 0 bridgehead atoms. The molecular formula is C5H5N2O. The molecule has 0 aliphatic rings. The third-order valence-corrected chi connectivity index (χ3v) is 0.704. The highest BCUT2D eigenvalue weighted by atomic mass is 16.5. The van der Waals surface area contributed by atoms with Crippen LogP contribution in [0.1, 0.15) is 0 Å². The number of nitrogens with zero attached hydrogens (tertiary/aromatic N) is 2. The molecule has 0 aliphatic heterocycles. The lowest BCUT2D eigenvalue weighted by atomic mass is 10.6. The van der Waals surface area contributed by atoms with Gasteiger partial charge in [0.2, 0.25) is 0 Å². The summed E-state index contributed by atoms with van der Waals surface area (Å²) in [5.74, 6) is 0.576. The van der Waals surface area contributed by atoms with Crippen LogP contribution in [0.2, 0.25) is 0 Å². The zero-order chi connectivity index (χ0) is 5.82. The lowest BCUT2D eigenvalue weighted by molar-refractivity contribution is 0.468. The van der Waals surface area contributed by atoms with E-state index in [2.05, 4.69) is 21.8 Å². The Bertz CT molecular complexity index is 152. The van der Waals surface area contributed by atoms with Crippen molar-refractivity contribution in [1.29, 1.82) is 0 Å². The molecule has 1 aromatic heterocycles. The third kappa shape index (κ3) is 0.932. The summed E-state index contributed by atoms with van der Waals surface area (Å²) in [4.78, 5) is 7.36. The molecule has 0 atom stereocenters. The van der Waals surface area contributed by atoms with Crippen LogP contribution in [0.3, 0.4) is 0 Å². The summed E-state index contributed by atoms with van der Waals surface area (Å²) in [7, 11) is 3.18. The van der Waals surface area contributed by atoms with Gasteiger partial charge in [-0.1, -0.05) is 0 Å². The molecule has 0 N–H and O–H groups in total. The molecule has 1 rings (SSSR count). The van der Waals surface area contributed by atoms with Crippen LogP contribution in [0, 0.1) is 7.11 Å². The maximum absolute atomic E-state index is 4.54. The molecule has 0 aromatic carbocycles. The maximum Gasteiger partial charge on any atom is 0.156 e. The number of rotatable bonds is 1. The van der Waals surface area contributed by atoms with Gasteiger partial charge < -0.3 is 4.74 Å². The quantitative estimate of drug-likeness (QED) is 0.531. The SMILES string of the molecule is [CH2]Oc1cncnc1. The van der Waals surface area contributed by atoms with Gasteiger partial charge in [0, 0.05) is 0 Å². The molecule has 3 nitrogen and oxygen atoms in total. The summed E-state index contributed by atoms with van der Waals surface area (Å²) in [6.45, 7) is 0. The van der Waals surface area contributed by atoms with Crippen LogP contribution in [-0.4, -0.2) is 9.97 Å². The standard InChI is InChI=1S/C5H5N2O/c1-8-5-2-6-4-7-3-5/h2-4H,1H2. The van der Waals surface area contributed by atoms with Gasteiger partial charge in [-0.15, -0.1) is 0 Å². The largest absolute Gasteiger partial charge is 0.487 e. The number of hydrogen-bond donors (Lipinski definition) is 0. The van der Waals surface area contributed by atoms with Gasteiger partial charge >= 0.3 is 0 Å². The summed E-state index contributed by atoms with van der Waals surface area (Å²) in [6.07, 6.45) is 4.52. The predicted molar refractivity (Wildman–Crippen MR) is 28.0 cm³/mol. The van der Waals surface area contributed by atoms with E-state index < -0.39 is 0 Å². The zero-order valence-electron chi connectivity index (χ0n) is 4.24. The van der Waals surface area contributed by atoms with E-state index in [4.69, 9.17) is 0 Å². The van der Waals surface area contributed by atoms with E-state index in [-0.39, 0.29) is 0 Å². The van der Waals surface area contributed by atoms with Crippen LogP contribution in [-0.2, 0) is 0 Å². The Morgan fingerprint density at radius 1 is 1.38 bits per heavy atom. The smallest absolute Gasteiger partial charge is 0.156 e. The first-order valence-corrected chi connectivity index (χ1v) is 2.10. The maximum atomic E-state index is 4.54. The third-order valence-electron chi connectivity index (χ3n) is 0.704. The summed E-state index contributed by atoms with van der Waals surface area (Å²) < 4.78 is 4.54. The second kappa shape index (κ2) is 2.26. The molecule has 3 heteroatoms. The average Bonchev–Trinajstić information content (AvgIpc) is 1.90. The van der Waals surface area contributed by atoms with E-state index in [0.29, 0.717) is 5.75 Å². The second-order valence-electron chi connectivity index (χ2n) is 1.22. The van der Waals surface area contributed by atoms with Crippen LogP contribution in [0.25, 0.3) is 0 Å². The van der Waals surface area contributed by atoms with E-state index >= 15 is 0 Å². The summed E-state index contributed by atoms with van der Waals surface area (Å²) in [5, 5.41) is 0. The van der Waals surface area contributed by atoms with Crippen molar-refractivity contribution in [3.63, 3.8) is 0 Å². The molecular weight excluding hydrogens is 104 g/mol. The van der Waals surface area contributed by atoms with Crippen LogP contribution in [0.15, 0.2) is 18.7 Å². The zero-order valence-corrected chi connectivity index (χ0v) is 4.24. The van der Waals surface area contributed by atoms with Gasteiger partial charge in [-0.3, -0.25) is 0 Å². The summed E-state index contributed by atoms with van der Waals surface area (Å²) in [5.41, 5.74) is 0. The van der Waals surface area contributed by atoms with Crippen LogP contribution in [0.4, 0.5) is 0 Å². The van der Waals surface area contributed by atoms with Gasteiger partial charge in [-0.2, -0.15) is 0 Å². The topological polar surface area (TPSA) is 35.0 Å². The fraction of sp³-hybridized carbons (Fsp3) is 0. The van der Waals surface area contributed by atoms with Gasteiger partial charge in [0.05, 0.1) is 12.4 Å². The van der Waals surface area contributed by atoms with Crippen LogP contribution in [0.5, 0.6) is 5.75 Å².